The lowest BCUT2D eigenvalue weighted by Gasteiger charge is -2.12. The van der Waals surface area contributed by atoms with E-state index in [9.17, 15) is 13.2 Å². The third-order valence-electron chi connectivity index (χ3n) is 3.53. The molecule has 0 aliphatic heterocycles. The average molecular weight is 467 g/mol. The number of hydrogen-bond acceptors (Lipinski definition) is 4. The first kappa shape index (κ1) is 19.4. The Morgan fingerprint density at radius 1 is 0.926 bits per heavy atom. The van der Waals surface area contributed by atoms with E-state index in [4.69, 9.17) is 16.3 Å². The van der Waals surface area contributed by atoms with Gasteiger partial charge in [-0.3, -0.25) is 4.79 Å². The van der Waals surface area contributed by atoms with E-state index in [1.807, 2.05) is 0 Å². The van der Waals surface area contributed by atoms with Gasteiger partial charge in [-0.1, -0.05) is 35.9 Å². The molecule has 0 atom stereocenters. The van der Waals surface area contributed by atoms with Gasteiger partial charge in [0.25, 0.3) is 15.9 Å². The standard InChI is InChI=1S/C19H13BrClNO4S/c20-16-6-2-4-8-18(16)27(24,25)22-19(23)15-5-1-3-7-17(15)26-14-11-9-13(21)10-12-14/h1-12H,(H,22,23). The molecule has 1 N–H and O–H groups in total. The second-order valence-corrected chi connectivity index (χ2v) is 8.36. The molecular weight excluding hydrogens is 454 g/mol. The van der Waals surface area contributed by atoms with Crippen molar-refractivity contribution in [1.82, 2.24) is 4.72 Å². The molecule has 5 nitrogen and oxygen atoms in total. The zero-order chi connectivity index (χ0) is 19.4. The van der Waals surface area contributed by atoms with Gasteiger partial charge in [-0.15, -0.1) is 0 Å². The molecule has 0 saturated heterocycles. The number of ether oxygens (including phenoxy) is 1. The molecule has 3 aromatic rings. The second-order valence-electron chi connectivity index (χ2n) is 5.42. The average Bonchev–Trinajstić information content (AvgIpc) is 2.64. The molecule has 0 radical (unpaired) electrons. The number of benzene rings is 3. The third-order valence-corrected chi connectivity index (χ3v) is 6.12. The van der Waals surface area contributed by atoms with E-state index >= 15 is 0 Å². The summed E-state index contributed by atoms with van der Waals surface area (Å²) in [6.45, 7) is 0. The predicted octanol–water partition coefficient (Wildman–Crippen LogP) is 5.01. The van der Waals surface area contributed by atoms with E-state index < -0.39 is 15.9 Å². The van der Waals surface area contributed by atoms with Crippen LogP contribution >= 0.6 is 27.5 Å². The van der Waals surface area contributed by atoms with E-state index in [1.54, 1.807) is 60.7 Å². The van der Waals surface area contributed by atoms with Crippen molar-refractivity contribution >= 4 is 43.5 Å². The summed E-state index contributed by atoms with van der Waals surface area (Å²) in [7, 11) is -4.05. The number of nitrogens with one attached hydrogen (secondary N) is 1. The molecule has 3 aromatic carbocycles. The van der Waals surface area contributed by atoms with Crippen LogP contribution in [0.25, 0.3) is 0 Å². The molecule has 0 aliphatic rings. The number of para-hydroxylation sites is 1. The van der Waals surface area contributed by atoms with E-state index in [0.29, 0.717) is 15.2 Å². The highest BCUT2D eigenvalue weighted by Gasteiger charge is 2.23. The Hall–Kier alpha value is -2.35. The van der Waals surface area contributed by atoms with Gasteiger partial charge in [-0.25, -0.2) is 13.1 Å². The minimum Gasteiger partial charge on any atom is -0.457 e. The van der Waals surface area contributed by atoms with Crippen LogP contribution in [0.1, 0.15) is 10.4 Å². The van der Waals surface area contributed by atoms with Gasteiger partial charge in [-0.05, 0) is 64.5 Å². The molecule has 0 heterocycles. The maximum absolute atomic E-state index is 12.6. The summed E-state index contributed by atoms with van der Waals surface area (Å²) in [6.07, 6.45) is 0. The van der Waals surface area contributed by atoms with Gasteiger partial charge in [0.15, 0.2) is 0 Å². The van der Waals surface area contributed by atoms with E-state index in [-0.39, 0.29) is 16.2 Å². The van der Waals surface area contributed by atoms with Crippen molar-refractivity contribution in [3.63, 3.8) is 0 Å². The van der Waals surface area contributed by atoms with Crippen molar-refractivity contribution in [3.8, 4) is 11.5 Å². The van der Waals surface area contributed by atoms with E-state index in [0.717, 1.165) is 0 Å². The van der Waals surface area contributed by atoms with Crippen LogP contribution in [0.5, 0.6) is 11.5 Å². The molecule has 3 rings (SSSR count). The number of carbonyl (C=O) groups excluding carboxylic acids is 1. The van der Waals surface area contributed by atoms with E-state index in [1.165, 1.54) is 12.1 Å². The molecule has 1 amide bonds. The molecular formula is C19H13BrClNO4S. The second kappa shape index (κ2) is 8.12. The highest BCUT2D eigenvalue weighted by atomic mass is 79.9. The van der Waals surface area contributed by atoms with Gasteiger partial charge in [0.05, 0.1) is 5.56 Å². The summed E-state index contributed by atoms with van der Waals surface area (Å²) in [4.78, 5) is 12.6. The first-order chi connectivity index (χ1) is 12.9. The summed E-state index contributed by atoms with van der Waals surface area (Å²) in [6, 6.07) is 19.2. The fraction of sp³-hybridized carbons (Fsp3) is 0. The molecule has 138 valence electrons. The Morgan fingerprint density at radius 3 is 2.26 bits per heavy atom. The SMILES string of the molecule is O=C(NS(=O)(=O)c1ccccc1Br)c1ccccc1Oc1ccc(Cl)cc1. The summed E-state index contributed by atoms with van der Waals surface area (Å²) in [5.41, 5.74) is 0.0862. The van der Waals surface area contributed by atoms with Crippen molar-refractivity contribution in [2.24, 2.45) is 0 Å². The van der Waals surface area contributed by atoms with Crippen molar-refractivity contribution in [2.75, 3.05) is 0 Å². The fourth-order valence-corrected chi connectivity index (χ4v) is 4.36. The number of sulfonamides is 1. The summed E-state index contributed by atoms with van der Waals surface area (Å²) >= 11 is 9.03. The summed E-state index contributed by atoms with van der Waals surface area (Å²) in [5, 5.41) is 0.549. The first-order valence-corrected chi connectivity index (χ1v) is 10.4. The summed E-state index contributed by atoms with van der Waals surface area (Å²) in [5.74, 6) is -0.108. The molecule has 0 saturated carbocycles. The van der Waals surface area contributed by atoms with E-state index in [2.05, 4.69) is 20.7 Å². The Bertz CT molecular complexity index is 1080. The van der Waals surface area contributed by atoms with Gasteiger partial charge in [0.2, 0.25) is 0 Å². The lowest BCUT2D eigenvalue weighted by atomic mass is 10.2. The normalized spacial score (nSPS) is 11.0. The zero-order valence-corrected chi connectivity index (χ0v) is 16.9. The van der Waals surface area contributed by atoms with Crippen molar-refractivity contribution in [3.05, 3.63) is 87.9 Å². The Balaban J connectivity index is 1.87. The van der Waals surface area contributed by atoms with Gasteiger partial charge in [0.1, 0.15) is 16.4 Å². The van der Waals surface area contributed by atoms with Crippen LogP contribution in [0, 0.1) is 0 Å². The van der Waals surface area contributed by atoms with Crippen molar-refractivity contribution < 1.29 is 17.9 Å². The Kier molecular flexibility index (Phi) is 5.84. The highest BCUT2D eigenvalue weighted by molar-refractivity contribution is 9.10. The van der Waals surface area contributed by atoms with Crippen LogP contribution < -0.4 is 9.46 Å². The molecule has 0 bridgehead atoms. The maximum Gasteiger partial charge on any atom is 0.268 e. The number of hydrogen-bond donors (Lipinski definition) is 1. The van der Waals surface area contributed by atoms with Gasteiger partial charge in [0, 0.05) is 9.50 Å². The van der Waals surface area contributed by atoms with Crippen LogP contribution in [-0.4, -0.2) is 14.3 Å². The zero-order valence-electron chi connectivity index (χ0n) is 13.7. The van der Waals surface area contributed by atoms with Gasteiger partial charge in [-0.2, -0.15) is 0 Å². The molecule has 8 heteroatoms. The van der Waals surface area contributed by atoms with Crippen molar-refractivity contribution in [1.29, 1.82) is 0 Å². The molecule has 0 unspecified atom stereocenters. The molecule has 0 aromatic heterocycles. The topological polar surface area (TPSA) is 72.5 Å². The third kappa shape index (κ3) is 4.68. The Labute approximate surface area is 170 Å². The predicted molar refractivity (Wildman–Crippen MR) is 107 cm³/mol. The lowest BCUT2D eigenvalue weighted by Crippen LogP contribution is -2.31. The Morgan fingerprint density at radius 2 is 1.56 bits per heavy atom. The number of amides is 1. The highest BCUT2D eigenvalue weighted by Crippen LogP contribution is 2.27. The molecule has 0 spiro atoms. The quantitative estimate of drug-likeness (QED) is 0.573. The number of carbonyl (C=O) groups is 1. The van der Waals surface area contributed by atoms with Crippen LogP contribution in [0.3, 0.4) is 0 Å². The monoisotopic (exact) mass is 465 g/mol. The molecule has 0 fully saturated rings. The number of rotatable bonds is 5. The molecule has 0 aliphatic carbocycles. The van der Waals surface area contributed by atoms with Crippen LogP contribution in [0.2, 0.25) is 5.02 Å². The largest absolute Gasteiger partial charge is 0.457 e. The van der Waals surface area contributed by atoms with Crippen LogP contribution in [-0.2, 0) is 10.0 Å². The maximum atomic E-state index is 12.6. The minimum absolute atomic E-state index is 0.0329. The fourth-order valence-electron chi connectivity index (χ4n) is 2.27. The van der Waals surface area contributed by atoms with Crippen LogP contribution in [0.15, 0.2) is 82.2 Å². The van der Waals surface area contributed by atoms with Crippen molar-refractivity contribution in [2.45, 2.75) is 4.90 Å². The van der Waals surface area contributed by atoms with Gasteiger partial charge < -0.3 is 4.74 Å². The summed E-state index contributed by atoms with van der Waals surface area (Å²) < 4.78 is 33.2. The number of halogens is 2. The first-order valence-electron chi connectivity index (χ1n) is 7.71. The van der Waals surface area contributed by atoms with Gasteiger partial charge >= 0.3 is 0 Å². The lowest BCUT2D eigenvalue weighted by molar-refractivity contribution is 0.0979. The molecule has 27 heavy (non-hydrogen) atoms. The van der Waals surface area contributed by atoms with Crippen LogP contribution in [0.4, 0.5) is 0 Å². The minimum atomic E-state index is -4.05. The smallest absolute Gasteiger partial charge is 0.268 e.